The van der Waals surface area contributed by atoms with Gasteiger partial charge in [-0.1, -0.05) is 12.1 Å². The highest BCUT2D eigenvalue weighted by atomic mass is 16.2. The molecule has 1 aromatic heterocycles. The van der Waals surface area contributed by atoms with Gasteiger partial charge in [0, 0.05) is 19.2 Å². The Morgan fingerprint density at radius 2 is 2.00 bits per heavy atom. The van der Waals surface area contributed by atoms with Gasteiger partial charge in [-0.3, -0.25) is 19.0 Å². The lowest BCUT2D eigenvalue weighted by molar-refractivity contribution is -0.114. The Hall–Kier alpha value is -3.48. The van der Waals surface area contributed by atoms with Crippen molar-refractivity contribution in [3.05, 3.63) is 64.2 Å². The Morgan fingerprint density at radius 3 is 2.82 bits per heavy atom. The van der Waals surface area contributed by atoms with Gasteiger partial charge in [-0.25, -0.2) is 4.98 Å². The molecule has 2 aromatic carbocycles. The number of nitrogens with one attached hydrogen (secondary N) is 1. The Bertz CT molecular complexity index is 1210. The molecule has 3 heterocycles. The number of carbonyl (C=O) groups excluding carboxylic acids is 2. The van der Waals surface area contributed by atoms with Gasteiger partial charge in [0.2, 0.25) is 5.91 Å². The Labute approximate surface area is 160 Å². The number of fused-ring (bicyclic) bond motifs is 6. The fraction of sp³-hybridized carbons (Fsp3) is 0.238. The first kappa shape index (κ1) is 16.7. The van der Waals surface area contributed by atoms with E-state index >= 15 is 0 Å². The van der Waals surface area contributed by atoms with Crippen molar-refractivity contribution in [3.63, 3.8) is 0 Å². The molecule has 7 nitrogen and oxygen atoms in total. The molecular formula is C21H18N4O3. The second-order valence-corrected chi connectivity index (χ2v) is 7.20. The maximum Gasteiger partial charge on any atom is 0.266 e. The number of para-hydroxylation sites is 1. The van der Waals surface area contributed by atoms with E-state index in [2.05, 4.69) is 5.32 Å². The summed E-state index contributed by atoms with van der Waals surface area (Å²) in [6, 6.07) is 12.1. The third kappa shape index (κ3) is 2.36. The summed E-state index contributed by atoms with van der Waals surface area (Å²) in [5.41, 5.74) is 1.93. The van der Waals surface area contributed by atoms with E-state index in [1.165, 1.54) is 6.92 Å². The molecule has 1 saturated heterocycles. The van der Waals surface area contributed by atoms with Crippen molar-refractivity contribution in [2.75, 3.05) is 11.9 Å². The summed E-state index contributed by atoms with van der Waals surface area (Å²) < 4.78 is 1.57. The van der Waals surface area contributed by atoms with Gasteiger partial charge in [-0.15, -0.1) is 0 Å². The molecule has 28 heavy (non-hydrogen) atoms. The minimum absolute atomic E-state index is 0.0639. The number of rotatable bonds is 1. The van der Waals surface area contributed by atoms with Crippen LogP contribution < -0.4 is 10.9 Å². The van der Waals surface area contributed by atoms with Crippen molar-refractivity contribution in [2.24, 2.45) is 0 Å². The van der Waals surface area contributed by atoms with Crippen molar-refractivity contribution in [1.29, 1.82) is 0 Å². The van der Waals surface area contributed by atoms with Crippen molar-refractivity contribution >= 4 is 28.4 Å². The van der Waals surface area contributed by atoms with Crippen LogP contribution in [0.1, 0.15) is 42.0 Å². The first-order chi connectivity index (χ1) is 13.5. The van der Waals surface area contributed by atoms with Crippen LogP contribution in [0.5, 0.6) is 0 Å². The molecule has 1 N–H and O–H groups in total. The van der Waals surface area contributed by atoms with Crippen LogP contribution in [0.25, 0.3) is 16.6 Å². The van der Waals surface area contributed by atoms with Crippen molar-refractivity contribution < 1.29 is 9.59 Å². The summed E-state index contributed by atoms with van der Waals surface area (Å²) >= 11 is 0. The van der Waals surface area contributed by atoms with Crippen molar-refractivity contribution in [3.8, 4) is 5.69 Å². The van der Waals surface area contributed by atoms with E-state index in [9.17, 15) is 14.4 Å². The summed E-state index contributed by atoms with van der Waals surface area (Å²) in [7, 11) is 0. The zero-order chi connectivity index (χ0) is 19.4. The monoisotopic (exact) mass is 374 g/mol. The lowest BCUT2D eigenvalue weighted by atomic mass is 10.1. The number of anilines is 1. The maximum atomic E-state index is 13.5. The molecule has 0 aliphatic carbocycles. The van der Waals surface area contributed by atoms with Crippen LogP contribution in [-0.4, -0.2) is 32.8 Å². The molecule has 7 heteroatoms. The number of amides is 2. The molecule has 2 aliphatic rings. The molecule has 1 atom stereocenters. The molecule has 2 amide bonds. The van der Waals surface area contributed by atoms with E-state index in [0.717, 1.165) is 12.8 Å². The van der Waals surface area contributed by atoms with Gasteiger partial charge in [0.25, 0.3) is 11.5 Å². The highest BCUT2D eigenvalue weighted by molar-refractivity contribution is 5.99. The van der Waals surface area contributed by atoms with Gasteiger partial charge < -0.3 is 10.2 Å². The van der Waals surface area contributed by atoms with Crippen LogP contribution in [-0.2, 0) is 4.79 Å². The van der Waals surface area contributed by atoms with Gasteiger partial charge in [-0.05, 0) is 43.2 Å². The van der Waals surface area contributed by atoms with E-state index < -0.39 is 0 Å². The number of hydrogen-bond acceptors (Lipinski definition) is 4. The molecule has 0 saturated carbocycles. The molecule has 0 bridgehead atoms. The van der Waals surface area contributed by atoms with Crippen LogP contribution in [0.2, 0.25) is 0 Å². The summed E-state index contributed by atoms with van der Waals surface area (Å²) in [6.07, 6.45) is 1.66. The lowest BCUT2D eigenvalue weighted by Crippen LogP contribution is -2.31. The number of hydrogen-bond donors (Lipinski definition) is 1. The molecule has 3 aromatic rings. The molecule has 0 radical (unpaired) electrons. The topological polar surface area (TPSA) is 84.3 Å². The van der Waals surface area contributed by atoms with Crippen LogP contribution in [0.4, 0.5) is 5.69 Å². The molecular weight excluding hydrogens is 356 g/mol. The van der Waals surface area contributed by atoms with Crippen LogP contribution >= 0.6 is 0 Å². The van der Waals surface area contributed by atoms with Gasteiger partial charge in [0.1, 0.15) is 5.82 Å². The molecule has 0 spiro atoms. The Morgan fingerprint density at radius 1 is 1.18 bits per heavy atom. The summed E-state index contributed by atoms with van der Waals surface area (Å²) in [6.45, 7) is 2.08. The van der Waals surface area contributed by atoms with Gasteiger partial charge in [0.15, 0.2) is 0 Å². The average molecular weight is 374 g/mol. The standard InChI is InChI=1S/C21H18N4O3/c1-12(26)22-13-8-9-16-15(11-13)21(28)25-17-6-3-2-5-14(17)20(27)24-10-4-7-18(24)19(25)23-16/h2-3,5-6,8-9,11,18H,4,7,10H2,1H3,(H,22,26)/t18-/m0/s1. The fourth-order valence-electron chi connectivity index (χ4n) is 4.22. The summed E-state index contributed by atoms with van der Waals surface area (Å²) in [4.78, 5) is 44.6. The normalized spacial score (nSPS) is 17.7. The maximum absolute atomic E-state index is 13.5. The van der Waals surface area contributed by atoms with Gasteiger partial charge in [0.05, 0.1) is 28.2 Å². The number of nitrogens with zero attached hydrogens (tertiary/aromatic N) is 3. The molecule has 0 unspecified atom stereocenters. The minimum atomic E-state index is -0.235. The van der Waals surface area contributed by atoms with E-state index in [0.29, 0.717) is 40.2 Å². The third-order valence-electron chi connectivity index (χ3n) is 5.40. The molecule has 2 aliphatic heterocycles. The smallest absolute Gasteiger partial charge is 0.266 e. The van der Waals surface area contributed by atoms with Crippen molar-refractivity contribution in [1.82, 2.24) is 14.5 Å². The first-order valence-electron chi connectivity index (χ1n) is 9.29. The number of benzene rings is 2. The van der Waals surface area contributed by atoms with E-state index in [1.54, 1.807) is 41.0 Å². The minimum Gasteiger partial charge on any atom is -0.328 e. The third-order valence-corrected chi connectivity index (χ3v) is 5.40. The van der Waals surface area contributed by atoms with Gasteiger partial charge in [-0.2, -0.15) is 0 Å². The number of carbonyl (C=O) groups is 2. The zero-order valence-electron chi connectivity index (χ0n) is 15.3. The van der Waals surface area contributed by atoms with Crippen molar-refractivity contribution in [2.45, 2.75) is 25.8 Å². The van der Waals surface area contributed by atoms with Crippen LogP contribution in [0.15, 0.2) is 47.3 Å². The van der Waals surface area contributed by atoms with E-state index in [4.69, 9.17) is 4.98 Å². The fourth-order valence-corrected chi connectivity index (χ4v) is 4.22. The first-order valence-corrected chi connectivity index (χ1v) is 9.29. The largest absolute Gasteiger partial charge is 0.328 e. The highest BCUT2D eigenvalue weighted by Gasteiger charge is 2.38. The second kappa shape index (κ2) is 6.02. The summed E-state index contributed by atoms with van der Waals surface area (Å²) in [5.74, 6) is 0.325. The SMILES string of the molecule is CC(=O)Nc1ccc2nc3n(c(=O)c2c1)-c1ccccc1C(=O)N1CCC[C@@H]31. The molecule has 5 rings (SSSR count). The second-order valence-electron chi connectivity index (χ2n) is 7.20. The molecule has 1 fully saturated rings. The predicted molar refractivity (Wildman–Crippen MR) is 105 cm³/mol. The average Bonchev–Trinajstić information content (AvgIpc) is 3.14. The number of aromatic nitrogens is 2. The van der Waals surface area contributed by atoms with Crippen LogP contribution in [0.3, 0.4) is 0 Å². The highest BCUT2D eigenvalue weighted by Crippen LogP contribution is 2.37. The lowest BCUT2D eigenvalue weighted by Gasteiger charge is -2.22. The van der Waals surface area contributed by atoms with E-state index in [1.807, 2.05) is 11.0 Å². The quantitative estimate of drug-likeness (QED) is 0.710. The van der Waals surface area contributed by atoms with E-state index in [-0.39, 0.29) is 23.4 Å². The Kier molecular flexibility index (Phi) is 3.58. The predicted octanol–water partition coefficient (Wildman–Crippen LogP) is 2.63. The zero-order valence-corrected chi connectivity index (χ0v) is 15.3. The Balaban J connectivity index is 1.85. The summed E-state index contributed by atoms with van der Waals surface area (Å²) in [5, 5.41) is 3.11. The van der Waals surface area contributed by atoms with Gasteiger partial charge >= 0.3 is 0 Å². The van der Waals surface area contributed by atoms with Crippen LogP contribution in [0, 0.1) is 0 Å². The molecule has 140 valence electrons.